The van der Waals surface area contributed by atoms with Gasteiger partial charge in [-0.2, -0.15) is 4.31 Å². The lowest BCUT2D eigenvalue weighted by molar-refractivity contribution is 0.0947. The summed E-state index contributed by atoms with van der Waals surface area (Å²) >= 11 is 0. The van der Waals surface area contributed by atoms with Crippen LogP contribution in [-0.2, 0) is 16.6 Å². The molecular weight excluding hydrogens is 412 g/mol. The van der Waals surface area contributed by atoms with E-state index >= 15 is 0 Å². The lowest BCUT2D eigenvalue weighted by Crippen LogP contribution is -2.28. The molecule has 0 aromatic heterocycles. The molecule has 31 heavy (non-hydrogen) atoms. The quantitative estimate of drug-likeness (QED) is 0.518. The number of aryl methyl sites for hydroxylation is 1. The van der Waals surface area contributed by atoms with Crippen LogP contribution < -0.4 is 10.1 Å². The fraction of sp³-hybridized carbons (Fsp3) is 0.208. The Labute approximate surface area is 183 Å². The molecule has 0 unspecified atom stereocenters. The van der Waals surface area contributed by atoms with Crippen molar-refractivity contribution in [2.24, 2.45) is 0 Å². The average Bonchev–Trinajstić information content (AvgIpc) is 2.79. The maximum atomic E-state index is 12.6. The van der Waals surface area contributed by atoms with E-state index < -0.39 is 10.0 Å². The molecule has 3 aromatic rings. The molecule has 0 atom stereocenters. The van der Waals surface area contributed by atoms with Crippen LogP contribution in [0.3, 0.4) is 0 Å². The van der Waals surface area contributed by atoms with Crippen LogP contribution >= 0.6 is 0 Å². The Morgan fingerprint density at radius 2 is 1.58 bits per heavy atom. The Balaban J connectivity index is 1.50. The van der Waals surface area contributed by atoms with Crippen molar-refractivity contribution in [1.29, 1.82) is 0 Å². The van der Waals surface area contributed by atoms with Gasteiger partial charge in [0.15, 0.2) is 0 Å². The van der Waals surface area contributed by atoms with E-state index in [4.69, 9.17) is 4.74 Å². The van der Waals surface area contributed by atoms with Crippen LogP contribution in [-0.4, -0.2) is 38.8 Å². The van der Waals surface area contributed by atoms with Gasteiger partial charge < -0.3 is 10.1 Å². The van der Waals surface area contributed by atoms with Gasteiger partial charge in [-0.15, -0.1) is 0 Å². The number of carbonyl (C=O) groups is 1. The molecule has 0 saturated heterocycles. The molecule has 0 bridgehead atoms. The van der Waals surface area contributed by atoms with E-state index in [1.807, 2.05) is 31.2 Å². The van der Waals surface area contributed by atoms with Gasteiger partial charge in [-0.1, -0.05) is 48.0 Å². The largest absolute Gasteiger partial charge is 0.492 e. The van der Waals surface area contributed by atoms with Crippen LogP contribution in [0.15, 0.2) is 83.8 Å². The number of carbonyl (C=O) groups excluding carboxylic acids is 1. The molecule has 0 fully saturated rings. The molecule has 6 nitrogen and oxygen atoms in total. The Morgan fingerprint density at radius 3 is 2.23 bits per heavy atom. The highest BCUT2D eigenvalue weighted by Crippen LogP contribution is 2.17. The van der Waals surface area contributed by atoms with E-state index in [1.165, 1.54) is 11.4 Å². The Bertz CT molecular complexity index is 1100. The van der Waals surface area contributed by atoms with Crippen molar-refractivity contribution in [2.75, 3.05) is 20.2 Å². The molecule has 1 amide bonds. The lowest BCUT2D eigenvalue weighted by Gasteiger charge is -2.17. The molecule has 0 aliphatic carbocycles. The van der Waals surface area contributed by atoms with Crippen LogP contribution in [0.25, 0.3) is 0 Å². The zero-order chi connectivity index (χ0) is 22.3. The van der Waals surface area contributed by atoms with Gasteiger partial charge in [0.2, 0.25) is 10.0 Å². The molecule has 0 aliphatic heterocycles. The number of sulfonamides is 1. The molecule has 7 heteroatoms. The number of amides is 1. The number of benzene rings is 3. The van der Waals surface area contributed by atoms with Crippen molar-refractivity contribution >= 4 is 15.9 Å². The minimum Gasteiger partial charge on any atom is -0.492 e. The third-order valence-electron chi connectivity index (χ3n) is 4.75. The topological polar surface area (TPSA) is 75.7 Å². The summed E-state index contributed by atoms with van der Waals surface area (Å²) in [5, 5.41) is 2.82. The SMILES string of the molecule is Cc1ccc(OCCNC(=O)c2ccc(CN(C)S(=O)(=O)c3ccccc3)cc2)cc1. The molecule has 0 heterocycles. The van der Waals surface area contributed by atoms with Crippen LogP contribution in [0.4, 0.5) is 0 Å². The summed E-state index contributed by atoms with van der Waals surface area (Å²) in [6.45, 7) is 2.97. The number of rotatable bonds is 9. The monoisotopic (exact) mass is 438 g/mol. The van der Waals surface area contributed by atoms with Crippen LogP contribution in [0.1, 0.15) is 21.5 Å². The van der Waals surface area contributed by atoms with Crippen molar-refractivity contribution in [3.63, 3.8) is 0 Å². The van der Waals surface area contributed by atoms with Crippen molar-refractivity contribution < 1.29 is 17.9 Å². The molecule has 0 spiro atoms. The van der Waals surface area contributed by atoms with Gasteiger partial charge in [-0.05, 0) is 48.9 Å². The molecule has 1 N–H and O–H groups in total. The summed E-state index contributed by atoms with van der Waals surface area (Å²) in [4.78, 5) is 12.6. The fourth-order valence-corrected chi connectivity index (χ4v) is 4.13. The molecule has 3 rings (SSSR count). The first-order chi connectivity index (χ1) is 14.9. The number of hydrogen-bond acceptors (Lipinski definition) is 4. The summed E-state index contributed by atoms with van der Waals surface area (Å²) in [6, 6.07) is 22.9. The zero-order valence-electron chi connectivity index (χ0n) is 17.6. The summed E-state index contributed by atoms with van der Waals surface area (Å²) in [7, 11) is -2.03. The van der Waals surface area contributed by atoms with E-state index in [2.05, 4.69) is 5.32 Å². The minimum atomic E-state index is -3.56. The maximum absolute atomic E-state index is 12.6. The highest BCUT2D eigenvalue weighted by atomic mass is 32.2. The van der Waals surface area contributed by atoms with Crippen molar-refractivity contribution in [2.45, 2.75) is 18.4 Å². The second-order valence-electron chi connectivity index (χ2n) is 7.19. The summed E-state index contributed by atoms with van der Waals surface area (Å²) in [6.07, 6.45) is 0. The highest BCUT2D eigenvalue weighted by Gasteiger charge is 2.20. The Morgan fingerprint density at radius 1 is 0.935 bits per heavy atom. The number of hydrogen-bond donors (Lipinski definition) is 1. The number of nitrogens with one attached hydrogen (secondary N) is 1. The lowest BCUT2D eigenvalue weighted by atomic mass is 10.1. The summed E-state index contributed by atoms with van der Waals surface area (Å²) < 4.78 is 32.1. The zero-order valence-corrected chi connectivity index (χ0v) is 18.4. The first-order valence-corrected chi connectivity index (χ1v) is 11.4. The van der Waals surface area contributed by atoms with E-state index in [1.54, 1.807) is 54.6 Å². The third kappa shape index (κ3) is 6.16. The van der Waals surface area contributed by atoms with Crippen molar-refractivity contribution in [3.8, 4) is 5.75 Å². The highest BCUT2D eigenvalue weighted by molar-refractivity contribution is 7.89. The van der Waals surface area contributed by atoms with Crippen molar-refractivity contribution in [3.05, 3.63) is 95.6 Å². The Hall–Kier alpha value is -3.16. The van der Waals surface area contributed by atoms with Crippen LogP contribution in [0.2, 0.25) is 0 Å². The molecular formula is C24H26N2O4S. The standard InChI is InChI=1S/C24H26N2O4S/c1-19-8-14-22(15-9-19)30-17-16-25-24(27)21-12-10-20(11-13-21)18-26(2)31(28,29)23-6-4-3-5-7-23/h3-15H,16-18H2,1-2H3,(H,25,27). The van der Waals surface area contributed by atoms with E-state index in [-0.39, 0.29) is 17.3 Å². The Kier molecular flexibility index (Phi) is 7.44. The van der Waals surface area contributed by atoms with Gasteiger partial charge in [0.1, 0.15) is 12.4 Å². The average molecular weight is 439 g/mol. The maximum Gasteiger partial charge on any atom is 0.251 e. The van der Waals surface area contributed by atoms with Gasteiger partial charge in [0.25, 0.3) is 5.91 Å². The van der Waals surface area contributed by atoms with Gasteiger partial charge >= 0.3 is 0 Å². The smallest absolute Gasteiger partial charge is 0.251 e. The van der Waals surface area contributed by atoms with E-state index in [0.717, 1.165) is 16.9 Å². The predicted octanol–water partition coefficient (Wildman–Crippen LogP) is 3.62. The normalized spacial score (nSPS) is 11.3. The number of nitrogens with zero attached hydrogens (tertiary/aromatic N) is 1. The van der Waals surface area contributed by atoms with E-state index in [9.17, 15) is 13.2 Å². The predicted molar refractivity (Wildman–Crippen MR) is 121 cm³/mol. The molecule has 0 saturated carbocycles. The van der Waals surface area contributed by atoms with Crippen molar-refractivity contribution in [1.82, 2.24) is 9.62 Å². The fourth-order valence-electron chi connectivity index (χ4n) is 2.95. The van der Waals surface area contributed by atoms with Crippen LogP contribution in [0, 0.1) is 6.92 Å². The molecule has 3 aromatic carbocycles. The van der Waals surface area contributed by atoms with Gasteiger partial charge in [0.05, 0.1) is 11.4 Å². The third-order valence-corrected chi connectivity index (χ3v) is 6.57. The molecule has 0 radical (unpaired) electrons. The summed E-state index contributed by atoms with van der Waals surface area (Å²) in [5.74, 6) is 0.558. The number of ether oxygens (including phenoxy) is 1. The van der Waals surface area contributed by atoms with E-state index in [0.29, 0.717) is 18.7 Å². The first kappa shape index (κ1) is 22.5. The first-order valence-electron chi connectivity index (χ1n) is 9.94. The molecule has 0 aliphatic rings. The summed E-state index contributed by atoms with van der Waals surface area (Å²) in [5.41, 5.74) is 2.46. The minimum absolute atomic E-state index is 0.204. The van der Waals surface area contributed by atoms with Gasteiger partial charge in [0, 0.05) is 19.2 Å². The van der Waals surface area contributed by atoms with Gasteiger partial charge in [-0.25, -0.2) is 8.42 Å². The van der Waals surface area contributed by atoms with Gasteiger partial charge in [-0.3, -0.25) is 4.79 Å². The van der Waals surface area contributed by atoms with Crippen LogP contribution in [0.5, 0.6) is 5.75 Å². The molecule has 162 valence electrons. The second-order valence-corrected chi connectivity index (χ2v) is 9.23. The second kappa shape index (κ2) is 10.2.